The van der Waals surface area contributed by atoms with Crippen LogP contribution in [0.15, 0.2) is 9.70 Å². The summed E-state index contributed by atoms with van der Waals surface area (Å²) < 4.78 is 7.55. The van der Waals surface area contributed by atoms with Gasteiger partial charge in [-0.15, -0.1) is 0 Å². The van der Waals surface area contributed by atoms with Crippen LogP contribution in [0.25, 0.3) is 6.08 Å². The Bertz CT molecular complexity index is 1000. The van der Waals surface area contributed by atoms with E-state index in [2.05, 4.69) is 11.0 Å². The Kier molecular flexibility index (Phi) is 7.92. The molecule has 3 rings (SSSR count). The maximum atomic E-state index is 13.1. The molecule has 0 aromatic carbocycles. The van der Waals surface area contributed by atoms with Gasteiger partial charge in [0.25, 0.3) is 11.5 Å². The molecule has 2 aliphatic heterocycles. The second-order valence-electron chi connectivity index (χ2n) is 7.48. The molecule has 2 fully saturated rings. The standard InChI is InChI=1S/C22H28N4O3S2/c1-4-25-19(24-9-6-7-10-24)16(15(3)17(14-23)20(25)27)13-18-21(28)26(22(30)31-18)11-8-12-29-5-2/h13H,4-12H2,1-3H3/b18-13-. The summed E-state index contributed by atoms with van der Waals surface area (Å²) in [4.78, 5) is 30.3. The second kappa shape index (κ2) is 10.4. The van der Waals surface area contributed by atoms with Gasteiger partial charge in [0, 0.05) is 45.0 Å². The molecule has 2 aliphatic rings. The Morgan fingerprint density at radius 2 is 1.97 bits per heavy atom. The van der Waals surface area contributed by atoms with Crippen molar-refractivity contribution in [1.29, 1.82) is 5.26 Å². The third kappa shape index (κ3) is 4.71. The lowest BCUT2D eigenvalue weighted by Gasteiger charge is -2.26. The first-order valence-corrected chi connectivity index (χ1v) is 11.9. The van der Waals surface area contributed by atoms with Gasteiger partial charge in [-0.1, -0.05) is 24.0 Å². The minimum absolute atomic E-state index is 0.128. The van der Waals surface area contributed by atoms with E-state index in [1.54, 1.807) is 16.4 Å². The lowest BCUT2D eigenvalue weighted by Crippen LogP contribution is -2.33. The highest BCUT2D eigenvalue weighted by Gasteiger charge is 2.33. The van der Waals surface area contributed by atoms with Crippen LogP contribution in [0.4, 0.5) is 5.82 Å². The number of aromatic nitrogens is 1. The smallest absolute Gasteiger partial charge is 0.270 e. The molecule has 0 radical (unpaired) electrons. The quantitative estimate of drug-likeness (QED) is 0.335. The zero-order valence-corrected chi connectivity index (χ0v) is 19.9. The van der Waals surface area contributed by atoms with Gasteiger partial charge in [0.2, 0.25) is 0 Å². The molecule has 2 saturated heterocycles. The first-order valence-electron chi connectivity index (χ1n) is 10.7. The fraction of sp³-hybridized carbons (Fsp3) is 0.545. The third-order valence-corrected chi connectivity index (χ3v) is 6.97. The Labute approximate surface area is 192 Å². The number of thiocarbonyl (C=S) groups is 1. The number of hydrogen-bond acceptors (Lipinski definition) is 7. The van der Waals surface area contributed by atoms with Crippen molar-refractivity contribution in [3.8, 4) is 6.07 Å². The molecule has 0 bridgehead atoms. The lowest BCUT2D eigenvalue weighted by molar-refractivity contribution is -0.122. The van der Waals surface area contributed by atoms with Gasteiger partial charge in [-0.05, 0) is 51.7 Å². The predicted molar refractivity (Wildman–Crippen MR) is 128 cm³/mol. The van der Waals surface area contributed by atoms with Gasteiger partial charge in [0.1, 0.15) is 21.8 Å². The monoisotopic (exact) mass is 460 g/mol. The summed E-state index contributed by atoms with van der Waals surface area (Å²) in [6, 6.07) is 2.07. The number of nitriles is 1. The fourth-order valence-electron chi connectivity index (χ4n) is 4.00. The highest BCUT2D eigenvalue weighted by atomic mass is 32.2. The van der Waals surface area contributed by atoms with E-state index in [9.17, 15) is 14.9 Å². The summed E-state index contributed by atoms with van der Waals surface area (Å²) in [5.74, 6) is 0.661. The average molecular weight is 461 g/mol. The summed E-state index contributed by atoms with van der Waals surface area (Å²) >= 11 is 6.72. The van der Waals surface area contributed by atoms with E-state index in [0.29, 0.717) is 47.5 Å². The summed E-state index contributed by atoms with van der Waals surface area (Å²) in [5, 5.41) is 9.63. The second-order valence-corrected chi connectivity index (χ2v) is 9.15. The molecule has 166 valence electrons. The van der Waals surface area contributed by atoms with Crippen molar-refractivity contribution in [2.75, 3.05) is 37.7 Å². The van der Waals surface area contributed by atoms with Crippen LogP contribution in [0.5, 0.6) is 0 Å². The number of ether oxygens (including phenoxy) is 1. The highest BCUT2D eigenvalue weighted by Crippen LogP contribution is 2.36. The summed E-state index contributed by atoms with van der Waals surface area (Å²) in [6.07, 6.45) is 4.64. The summed E-state index contributed by atoms with van der Waals surface area (Å²) in [7, 11) is 0. The van der Waals surface area contributed by atoms with E-state index in [1.807, 2.05) is 19.9 Å². The minimum Gasteiger partial charge on any atom is -0.382 e. The molecule has 31 heavy (non-hydrogen) atoms. The number of rotatable bonds is 8. The molecule has 7 nitrogen and oxygen atoms in total. The molecular formula is C22H28N4O3S2. The van der Waals surface area contributed by atoms with E-state index in [0.717, 1.165) is 37.3 Å². The number of carbonyl (C=O) groups excluding carboxylic acids is 1. The van der Waals surface area contributed by atoms with Crippen LogP contribution in [-0.4, -0.2) is 52.5 Å². The number of pyridine rings is 1. The molecule has 1 aromatic heterocycles. The molecule has 0 unspecified atom stereocenters. The number of hydrogen-bond donors (Lipinski definition) is 0. The predicted octanol–water partition coefficient (Wildman–Crippen LogP) is 3.28. The van der Waals surface area contributed by atoms with Crippen molar-refractivity contribution in [3.05, 3.63) is 31.9 Å². The molecule has 3 heterocycles. The Hall–Kier alpha value is -2.15. The number of amides is 1. The molecule has 0 saturated carbocycles. The van der Waals surface area contributed by atoms with Crippen LogP contribution in [-0.2, 0) is 16.1 Å². The maximum absolute atomic E-state index is 13.1. The highest BCUT2D eigenvalue weighted by molar-refractivity contribution is 8.26. The third-order valence-electron chi connectivity index (χ3n) is 5.59. The first kappa shape index (κ1) is 23.5. The number of thioether (sulfide) groups is 1. The van der Waals surface area contributed by atoms with E-state index in [4.69, 9.17) is 17.0 Å². The Balaban J connectivity index is 2.05. The number of nitrogens with zero attached hydrogens (tertiary/aromatic N) is 4. The van der Waals surface area contributed by atoms with Gasteiger partial charge in [0.15, 0.2) is 0 Å². The largest absolute Gasteiger partial charge is 0.382 e. The van der Waals surface area contributed by atoms with Crippen molar-refractivity contribution in [1.82, 2.24) is 9.47 Å². The fourth-order valence-corrected chi connectivity index (χ4v) is 5.29. The normalized spacial score (nSPS) is 17.8. The van der Waals surface area contributed by atoms with Crippen LogP contribution in [0.1, 0.15) is 49.8 Å². The summed E-state index contributed by atoms with van der Waals surface area (Å²) in [6.45, 7) is 9.52. The molecule has 0 spiro atoms. The molecule has 0 atom stereocenters. The van der Waals surface area contributed by atoms with Crippen LogP contribution in [0, 0.1) is 18.3 Å². The topological polar surface area (TPSA) is 78.6 Å². The van der Waals surface area contributed by atoms with Gasteiger partial charge in [-0.25, -0.2) is 0 Å². The van der Waals surface area contributed by atoms with E-state index in [-0.39, 0.29) is 17.0 Å². The van der Waals surface area contributed by atoms with Crippen molar-refractivity contribution >= 4 is 46.1 Å². The Morgan fingerprint density at radius 1 is 1.26 bits per heavy atom. The number of carbonyl (C=O) groups is 1. The van der Waals surface area contributed by atoms with Crippen LogP contribution < -0.4 is 10.5 Å². The van der Waals surface area contributed by atoms with Gasteiger partial charge >= 0.3 is 0 Å². The minimum atomic E-state index is -0.273. The van der Waals surface area contributed by atoms with Crippen LogP contribution >= 0.6 is 24.0 Å². The zero-order valence-electron chi connectivity index (χ0n) is 18.3. The van der Waals surface area contributed by atoms with Crippen LogP contribution in [0.2, 0.25) is 0 Å². The molecule has 0 N–H and O–H groups in total. The van der Waals surface area contributed by atoms with E-state index in [1.165, 1.54) is 11.8 Å². The van der Waals surface area contributed by atoms with Gasteiger partial charge in [-0.3, -0.25) is 19.1 Å². The first-order chi connectivity index (χ1) is 14.9. The molecule has 9 heteroatoms. The van der Waals surface area contributed by atoms with Crippen molar-refractivity contribution < 1.29 is 9.53 Å². The van der Waals surface area contributed by atoms with Gasteiger partial charge in [0.05, 0.1) is 4.91 Å². The van der Waals surface area contributed by atoms with Gasteiger partial charge in [-0.2, -0.15) is 5.26 Å². The maximum Gasteiger partial charge on any atom is 0.270 e. The molecule has 1 aromatic rings. The van der Waals surface area contributed by atoms with Crippen LogP contribution in [0.3, 0.4) is 0 Å². The Morgan fingerprint density at radius 3 is 2.58 bits per heavy atom. The van der Waals surface area contributed by atoms with E-state index < -0.39 is 0 Å². The molecule has 0 aliphatic carbocycles. The van der Waals surface area contributed by atoms with Crippen molar-refractivity contribution in [3.63, 3.8) is 0 Å². The van der Waals surface area contributed by atoms with Gasteiger partial charge < -0.3 is 9.64 Å². The van der Waals surface area contributed by atoms with Crippen molar-refractivity contribution in [2.24, 2.45) is 0 Å². The lowest BCUT2D eigenvalue weighted by atomic mass is 10.0. The molecule has 1 amide bonds. The number of anilines is 1. The molecular weight excluding hydrogens is 432 g/mol. The summed E-state index contributed by atoms with van der Waals surface area (Å²) in [5.41, 5.74) is 1.23. The average Bonchev–Trinajstić information content (AvgIpc) is 3.37. The zero-order chi connectivity index (χ0) is 22.5. The SMILES string of the molecule is CCOCCCN1C(=O)/C(=C/c2c(C)c(C#N)c(=O)n(CC)c2N2CCCC2)SC1=S. The van der Waals surface area contributed by atoms with Crippen molar-refractivity contribution in [2.45, 2.75) is 46.6 Å². The van der Waals surface area contributed by atoms with E-state index >= 15 is 0 Å².